The van der Waals surface area contributed by atoms with E-state index in [1.165, 1.54) is 12.2 Å². The minimum absolute atomic E-state index is 0.493. The van der Waals surface area contributed by atoms with Crippen molar-refractivity contribution in [1.82, 2.24) is 11.0 Å². The van der Waals surface area contributed by atoms with Crippen molar-refractivity contribution < 1.29 is 0 Å². The van der Waals surface area contributed by atoms with Crippen molar-refractivity contribution in [3.8, 4) is 0 Å². The molecule has 0 aromatic rings. The Kier molecular flexibility index (Phi) is 10.8. The molecule has 70 valence electrons. The highest BCUT2D eigenvalue weighted by Gasteiger charge is 1.91. The Morgan fingerprint density at radius 3 is 2.00 bits per heavy atom. The Labute approximate surface area is 74.0 Å². The van der Waals surface area contributed by atoms with Crippen molar-refractivity contribution in [2.45, 2.75) is 13.8 Å². The molecule has 0 aromatic heterocycles. The second-order valence-electron chi connectivity index (χ2n) is 1.55. The summed E-state index contributed by atoms with van der Waals surface area (Å²) in [6, 6.07) is 0. The highest BCUT2D eigenvalue weighted by Crippen LogP contribution is 1.93. The van der Waals surface area contributed by atoms with Crippen LogP contribution in [0.2, 0.25) is 0 Å². The maximum absolute atomic E-state index is 5.45. The molecule has 0 fully saturated rings. The Bertz CT molecular complexity index is 160. The van der Waals surface area contributed by atoms with Crippen molar-refractivity contribution in [3.63, 3.8) is 0 Å². The third kappa shape index (κ3) is 5.52. The topological polar surface area (TPSA) is 76.1 Å². The van der Waals surface area contributed by atoms with Crippen LogP contribution in [0.25, 0.3) is 0 Å². The average Bonchev–Trinajstić information content (AvgIpc) is 2.16. The van der Waals surface area contributed by atoms with E-state index in [0.29, 0.717) is 11.4 Å². The molecule has 0 saturated carbocycles. The van der Waals surface area contributed by atoms with Gasteiger partial charge in [-0.1, -0.05) is 27.0 Å². The first-order chi connectivity index (χ1) is 5.76. The van der Waals surface area contributed by atoms with Crippen LogP contribution in [0.4, 0.5) is 0 Å². The maximum atomic E-state index is 5.45. The van der Waals surface area contributed by atoms with Gasteiger partial charge in [0.15, 0.2) is 0 Å². The minimum atomic E-state index is 0.493. The summed E-state index contributed by atoms with van der Waals surface area (Å²) in [5.74, 6) is 4.96. The molecule has 4 nitrogen and oxygen atoms in total. The molecular weight excluding hydrogens is 152 g/mol. The van der Waals surface area contributed by atoms with E-state index < -0.39 is 0 Å². The predicted molar refractivity (Wildman–Crippen MR) is 53.4 cm³/mol. The molecule has 0 bridgehead atoms. The number of rotatable bonds is 4. The van der Waals surface area contributed by atoms with Crippen LogP contribution in [0.5, 0.6) is 0 Å². The van der Waals surface area contributed by atoms with Gasteiger partial charge in [0, 0.05) is 0 Å². The van der Waals surface area contributed by atoms with Crippen LogP contribution >= 0.6 is 0 Å². The van der Waals surface area contributed by atoms with E-state index in [0.717, 1.165) is 0 Å². The molecule has 0 heterocycles. The zero-order chi connectivity index (χ0) is 9.98. The Hall–Kier alpha value is -1.26. The van der Waals surface area contributed by atoms with Gasteiger partial charge in [-0.25, -0.2) is 0 Å². The van der Waals surface area contributed by atoms with Gasteiger partial charge in [0.05, 0.1) is 11.4 Å². The number of allylic oxidation sites excluding steroid dienone is 2. The summed E-state index contributed by atoms with van der Waals surface area (Å²) in [5.41, 5.74) is 11.4. The average molecular weight is 170 g/mol. The Morgan fingerprint density at radius 2 is 1.75 bits per heavy atom. The maximum Gasteiger partial charge on any atom is 0.0724 e. The number of hydrogen-bond donors (Lipinski definition) is 4. The van der Waals surface area contributed by atoms with Crippen molar-refractivity contribution in [3.05, 3.63) is 36.7 Å². The van der Waals surface area contributed by atoms with Crippen LogP contribution in [-0.2, 0) is 0 Å². The summed E-state index contributed by atoms with van der Waals surface area (Å²) in [7, 11) is 0. The summed E-state index contributed by atoms with van der Waals surface area (Å²) in [4.78, 5) is 0. The van der Waals surface area contributed by atoms with E-state index in [1.807, 2.05) is 13.8 Å². The fraction of sp³-hybridized carbons (Fsp3) is 0.250. The largest absolute Gasteiger partial charge is 0.397 e. The van der Waals surface area contributed by atoms with Crippen LogP contribution in [0.1, 0.15) is 13.8 Å². The molecule has 0 radical (unpaired) electrons. The molecule has 0 unspecified atom stereocenters. The van der Waals surface area contributed by atoms with Gasteiger partial charge in [0.2, 0.25) is 0 Å². The lowest BCUT2D eigenvalue weighted by Gasteiger charge is -2.05. The molecule has 0 amide bonds. The van der Waals surface area contributed by atoms with Gasteiger partial charge in [-0.05, 0) is 12.2 Å². The summed E-state index contributed by atoms with van der Waals surface area (Å²) >= 11 is 0. The van der Waals surface area contributed by atoms with E-state index in [4.69, 9.17) is 11.6 Å². The van der Waals surface area contributed by atoms with Crippen molar-refractivity contribution in [1.29, 1.82) is 0 Å². The zero-order valence-corrected chi connectivity index (χ0v) is 7.72. The normalized spacial score (nSPS) is 10.2. The molecule has 0 spiro atoms. The van der Waals surface area contributed by atoms with Gasteiger partial charge in [0.1, 0.15) is 0 Å². The molecule has 0 saturated heterocycles. The molecule has 0 rings (SSSR count). The van der Waals surface area contributed by atoms with E-state index >= 15 is 0 Å². The first kappa shape index (κ1) is 13.3. The molecule has 0 aliphatic carbocycles. The lowest BCUT2D eigenvalue weighted by molar-refractivity contribution is 0.639. The van der Waals surface area contributed by atoms with Gasteiger partial charge < -0.3 is 11.2 Å². The Balaban J connectivity index is 0. The van der Waals surface area contributed by atoms with E-state index in [-0.39, 0.29) is 0 Å². The lowest BCUT2D eigenvalue weighted by atomic mass is 10.3. The monoisotopic (exact) mass is 170 g/mol. The number of nitrogens with two attached hydrogens (primary N) is 2. The zero-order valence-electron chi connectivity index (χ0n) is 7.72. The number of hydrazine groups is 2. The van der Waals surface area contributed by atoms with Crippen LogP contribution in [0.3, 0.4) is 0 Å². The first-order valence-electron chi connectivity index (χ1n) is 3.72. The first-order valence-corrected chi connectivity index (χ1v) is 3.72. The van der Waals surface area contributed by atoms with Crippen LogP contribution < -0.4 is 22.5 Å². The van der Waals surface area contributed by atoms with Gasteiger partial charge >= 0.3 is 0 Å². The predicted octanol–water partition coefficient (Wildman–Crippen LogP) is 0.523. The van der Waals surface area contributed by atoms with E-state index in [9.17, 15) is 0 Å². The van der Waals surface area contributed by atoms with Crippen molar-refractivity contribution in [2.75, 3.05) is 0 Å². The smallest absolute Gasteiger partial charge is 0.0724 e. The highest BCUT2D eigenvalue weighted by molar-refractivity contribution is 5.26. The van der Waals surface area contributed by atoms with E-state index in [1.54, 1.807) is 0 Å². The number of nitrogens with one attached hydrogen (secondary N) is 2. The molecule has 0 aliphatic rings. The van der Waals surface area contributed by atoms with Crippen LogP contribution in [-0.4, -0.2) is 0 Å². The molecular formula is C8H18N4. The quantitative estimate of drug-likeness (QED) is 0.282. The van der Waals surface area contributed by atoms with Crippen LogP contribution in [0.15, 0.2) is 36.7 Å². The minimum Gasteiger partial charge on any atom is -0.397 e. The molecule has 0 atom stereocenters. The fourth-order valence-electron chi connectivity index (χ4n) is 0.429. The molecule has 6 N–H and O–H groups in total. The molecule has 4 heteroatoms. The summed E-state index contributed by atoms with van der Waals surface area (Å²) < 4.78 is 0. The van der Waals surface area contributed by atoms with Gasteiger partial charge in [-0.3, -0.25) is 5.84 Å². The summed E-state index contributed by atoms with van der Waals surface area (Å²) in [5, 5.41) is 0. The molecule has 0 aliphatic heterocycles. The standard InChI is InChI=1S/C6H12N4.C2H6/c1-3-5(7)6(4-2)9-10-8;1-2/h3-4,9-10H,1-2,7-8H2;1-2H3/b6-5-;. The lowest BCUT2D eigenvalue weighted by Crippen LogP contribution is -2.37. The third-order valence-electron chi connectivity index (χ3n) is 0.942. The Morgan fingerprint density at radius 1 is 1.25 bits per heavy atom. The van der Waals surface area contributed by atoms with Gasteiger partial charge in [-0.15, -0.1) is 0 Å². The number of hydrogen-bond acceptors (Lipinski definition) is 4. The molecule has 0 aromatic carbocycles. The SMILES string of the molecule is C=C/C(N)=C(\C=C)NNN.CC. The van der Waals surface area contributed by atoms with Crippen molar-refractivity contribution in [2.24, 2.45) is 11.6 Å². The van der Waals surface area contributed by atoms with Crippen LogP contribution in [0, 0.1) is 0 Å². The fourth-order valence-corrected chi connectivity index (χ4v) is 0.429. The second kappa shape index (κ2) is 9.74. The highest BCUT2D eigenvalue weighted by atomic mass is 15.5. The van der Waals surface area contributed by atoms with Crippen molar-refractivity contribution >= 4 is 0 Å². The van der Waals surface area contributed by atoms with Gasteiger partial charge in [0.25, 0.3) is 0 Å². The second-order valence-corrected chi connectivity index (χ2v) is 1.55. The van der Waals surface area contributed by atoms with Gasteiger partial charge in [-0.2, -0.15) is 5.53 Å². The third-order valence-corrected chi connectivity index (χ3v) is 0.942. The van der Waals surface area contributed by atoms with E-state index in [2.05, 4.69) is 24.1 Å². The molecule has 12 heavy (non-hydrogen) atoms. The summed E-state index contributed by atoms with van der Waals surface area (Å²) in [6.45, 7) is 11.0. The summed E-state index contributed by atoms with van der Waals surface area (Å²) in [6.07, 6.45) is 3.04.